The van der Waals surface area contributed by atoms with Crippen molar-refractivity contribution in [3.63, 3.8) is 0 Å². The number of carboxylic acid groups (broad SMARTS) is 1. The minimum absolute atomic E-state index is 0.109. The average Bonchev–Trinajstić information content (AvgIpc) is 3.03. The SMILES string of the molecule is O=C(O)C=Cc1ccc2c(c1)NC(=O)C(Cc1c[nH]c3ccccc13)N2. The van der Waals surface area contributed by atoms with E-state index in [1.165, 1.54) is 6.08 Å². The van der Waals surface area contributed by atoms with Crippen LogP contribution in [-0.4, -0.2) is 28.0 Å². The molecule has 3 aromatic rings. The maximum absolute atomic E-state index is 12.5. The normalized spacial score (nSPS) is 16.3. The fourth-order valence-electron chi connectivity index (χ4n) is 3.20. The van der Waals surface area contributed by atoms with Crippen molar-refractivity contribution in [1.29, 1.82) is 0 Å². The molecule has 1 aromatic heterocycles. The van der Waals surface area contributed by atoms with E-state index in [0.717, 1.165) is 28.2 Å². The van der Waals surface area contributed by atoms with Crippen molar-refractivity contribution < 1.29 is 14.7 Å². The molecule has 4 rings (SSSR count). The number of hydrogen-bond donors (Lipinski definition) is 4. The van der Waals surface area contributed by atoms with Crippen LogP contribution < -0.4 is 10.6 Å². The molecule has 26 heavy (non-hydrogen) atoms. The maximum Gasteiger partial charge on any atom is 0.328 e. The zero-order chi connectivity index (χ0) is 18.1. The molecule has 0 saturated heterocycles. The predicted octanol–water partition coefficient (Wildman–Crippen LogP) is 3.24. The molecule has 2 heterocycles. The molecule has 2 aromatic carbocycles. The maximum atomic E-state index is 12.5. The van der Waals surface area contributed by atoms with Gasteiger partial charge in [0.15, 0.2) is 0 Å². The van der Waals surface area contributed by atoms with E-state index in [1.807, 2.05) is 42.6 Å². The molecule has 0 aliphatic carbocycles. The van der Waals surface area contributed by atoms with E-state index < -0.39 is 5.97 Å². The number of para-hydroxylation sites is 1. The second-order valence-electron chi connectivity index (χ2n) is 6.23. The van der Waals surface area contributed by atoms with Gasteiger partial charge in [0.25, 0.3) is 0 Å². The molecule has 0 radical (unpaired) electrons. The fourth-order valence-corrected chi connectivity index (χ4v) is 3.20. The first-order valence-electron chi connectivity index (χ1n) is 8.27. The molecular formula is C20H17N3O3. The number of aliphatic carboxylic acids is 1. The van der Waals surface area contributed by atoms with Gasteiger partial charge in [-0.05, 0) is 35.4 Å². The first-order chi connectivity index (χ1) is 12.6. The number of carboxylic acids is 1. The summed E-state index contributed by atoms with van der Waals surface area (Å²) < 4.78 is 0. The number of rotatable bonds is 4. The Labute approximate surface area is 149 Å². The molecule has 0 spiro atoms. The second-order valence-corrected chi connectivity index (χ2v) is 6.23. The molecule has 1 aliphatic heterocycles. The number of amides is 1. The first kappa shape index (κ1) is 16.0. The summed E-state index contributed by atoms with van der Waals surface area (Å²) in [5.74, 6) is -1.12. The number of H-pyrrole nitrogens is 1. The molecule has 1 amide bonds. The third-order valence-corrected chi connectivity index (χ3v) is 4.47. The van der Waals surface area contributed by atoms with Crippen molar-refractivity contribution >= 4 is 40.2 Å². The molecule has 0 bridgehead atoms. The number of aromatic amines is 1. The molecule has 6 heteroatoms. The van der Waals surface area contributed by atoms with Crippen LogP contribution >= 0.6 is 0 Å². The topological polar surface area (TPSA) is 94.2 Å². The highest BCUT2D eigenvalue weighted by molar-refractivity contribution is 6.04. The van der Waals surface area contributed by atoms with Crippen LogP contribution in [0.5, 0.6) is 0 Å². The van der Waals surface area contributed by atoms with Crippen molar-refractivity contribution in [2.24, 2.45) is 0 Å². The van der Waals surface area contributed by atoms with E-state index in [-0.39, 0.29) is 11.9 Å². The highest BCUT2D eigenvalue weighted by Gasteiger charge is 2.26. The Kier molecular flexibility index (Phi) is 3.93. The Morgan fingerprint density at radius 3 is 2.85 bits per heavy atom. The number of benzene rings is 2. The zero-order valence-electron chi connectivity index (χ0n) is 13.8. The molecule has 0 fully saturated rings. The van der Waals surface area contributed by atoms with E-state index >= 15 is 0 Å². The molecule has 4 N–H and O–H groups in total. The van der Waals surface area contributed by atoms with E-state index in [2.05, 4.69) is 15.6 Å². The van der Waals surface area contributed by atoms with Gasteiger partial charge in [-0.3, -0.25) is 4.79 Å². The standard InChI is InChI=1S/C20H17N3O3/c24-19(25)8-6-12-5-7-16-17(9-12)23-20(26)18(22-16)10-13-11-21-15-4-2-1-3-14(13)15/h1-9,11,18,21-22H,10H2,(H,23,26)(H,24,25). The molecular weight excluding hydrogens is 330 g/mol. The van der Waals surface area contributed by atoms with E-state index in [0.29, 0.717) is 17.7 Å². The Morgan fingerprint density at radius 2 is 2.00 bits per heavy atom. The molecule has 1 unspecified atom stereocenters. The van der Waals surface area contributed by atoms with Crippen molar-refractivity contribution in [2.75, 3.05) is 10.6 Å². The van der Waals surface area contributed by atoms with Gasteiger partial charge in [0.1, 0.15) is 6.04 Å². The van der Waals surface area contributed by atoms with Gasteiger partial charge in [-0.1, -0.05) is 24.3 Å². The number of carbonyl (C=O) groups is 2. The lowest BCUT2D eigenvalue weighted by Crippen LogP contribution is -2.40. The second kappa shape index (κ2) is 6.40. The van der Waals surface area contributed by atoms with E-state index in [9.17, 15) is 9.59 Å². The van der Waals surface area contributed by atoms with Crippen LogP contribution in [0, 0.1) is 0 Å². The van der Waals surface area contributed by atoms with Gasteiger partial charge in [0.2, 0.25) is 5.91 Å². The lowest BCUT2D eigenvalue weighted by atomic mass is 10.0. The summed E-state index contributed by atoms with van der Waals surface area (Å²) in [6.07, 6.45) is 5.07. The fraction of sp³-hybridized carbons (Fsp3) is 0.100. The third kappa shape index (κ3) is 3.04. The summed E-state index contributed by atoms with van der Waals surface area (Å²) in [5.41, 5.74) is 4.31. The van der Waals surface area contributed by atoms with Gasteiger partial charge in [0, 0.05) is 29.6 Å². The minimum atomic E-state index is -1.01. The Bertz CT molecular complexity index is 1040. The van der Waals surface area contributed by atoms with Gasteiger partial charge >= 0.3 is 5.97 Å². The van der Waals surface area contributed by atoms with Crippen molar-refractivity contribution in [3.05, 3.63) is 65.9 Å². The van der Waals surface area contributed by atoms with Gasteiger partial charge in [0.05, 0.1) is 11.4 Å². The number of fused-ring (bicyclic) bond motifs is 2. The quantitative estimate of drug-likeness (QED) is 0.545. The monoisotopic (exact) mass is 347 g/mol. The lowest BCUT2D eigenvalue weighted by molar-refractivity contribution is -0.131. The van der Waals surface area contributed by atoms with Gasteiger partial charge < -0.3 is 20.7 Å². The van der Waals surface area contributed by atoms with Crippen LogP contribution in [0.2, 0.25) is 0 Å². The summed E-state index contributed by atoms with van der Waals surface area (Å²) in [6.45, 7) is 0. The van der Waals surface area contributed by atoms with Crippen molar-refractivity contribution in [1.82, 2.24) is 4.98 Å². The van der Waals surface area contributed by atoms with Crippen LogP contribution in [-0.2, 0) is 16.0 Å². The average molecular weight is 347 g/mol. The Morgan fingerprint density at radius 1 is 1.15 bits per heavy atom. The summed E-state index contributed by atoms with van der Waals surface area (Å²) in [6, 6.07) is 13.0. The smallest absolute Gasteiger partial charge is 0.328 e. The number of nitrogens with one attached hydrogen (secondary N) is 3. The van der Waals surface area contributed by atoms with Crippen LogP contribution in [0.4, 0.5) is 11.4 Å². The highest BCUT2D eigenvalue weighted by Crippen LogP contribution is 2.30. The van der Waals surface area contributed by atoms with Gasteiger partial charge in [-0.25, -0.2) is 4.79 Å². The molecule has 6 nitrogen and oxygen atoms in total. The summed E-state index contributed by atoms with van der Waals surface area (Å²) in [5, 5.41) is 16.0. The number of anilines is 2. The Balaban J connectivity index is 1.56. The van der Waals surface area contributed by atoms with Crippen LogP contribution in [0.15, 0.2) is 54.7 Å². The van der Waals surface area contributed by atoms with Gasteiger partial charge in [-0.15, -0.1) is 0 Å². The zero-order valence-corrected chi connectivity index (χ0v) is 13.8. The Hall–Kier alpha value is -3.54. The molecule has 1 atom stereocenters. The van der Waals surface area contributed by atoms with Crippen molar-refractivity contribution in [2.45, 2.75) is 12.5 Å². The van der Waals surface area contributed by atoms with Crippen LogP contribution in [0.25, 0.3) is 17.0 Å². The number of aromatic nitrogens is 1. The summed E-state index contributed by atoms with van der Waals surface area (Å²) >= 11 is 0. The highest BCUT2D eigenvalue weighted by atomic mass is 16.4. The molecule has 0 saturated carbocycles. The van der Waals surface area contributed by atoms with E-state index in [4.69, 9.17) is 5.11 Å². The van der Waals surface area contributed by atoms with E-state index in [1.54, 1.807) is 6.07 Å². The largest absolute Gasteiger partial charge is 0.478 e. The van der Waals surface area contributed by atoms with Crippen LogP contribution in [0.3, 0.4) is 0 Å². The number of hydrogen-bond acceptors (Lipinski definition) is 3. The predicted molar refractivity (Wildman–Crippen MR) is 101 cm³/mol. The third-order valence-electron chi connectivity index (χ3n) is 4.47. The van der Waals surface area contributed by atoms with Crippen molar-refractivity contribution in [3.8, 4) is 0 Å². The lowest BCUT2D eigenvalue weighted by Gasteiger charge is -2.27. The minimum Gasteiger partial charge on any atom is -0.478 e. The van der Waals surface area contributed by atoms with Gasteiger partial charge in [-0.2, -0.15) is 0 Å². The summed E-state index contributed by atoms with van der Waals surface area (Å²) in [4.78, 5) is 26.4. The summed E-state index contributed by atoms with van der Waals surface area (Å²) in [7, 11) is 0. The van der Waals surface area contributed by atoms with Crippen LogP contribution in [0.1, 0.15) is 11.1 Å². The number of carbonyl (C=O) groups excluding carboxylic acids is 1. The molecule has 1 aliphatic rings. The molecule has 130 valence electrons. The first-order valence-corrected chi connectivity index (χ1v) is 8.27.